The van der Waals surface area contributed by atoms with Crippen molar-refractivity contribution in [3.8, 4) is 11.3 Å². The molecule has 0 radical (unpaired) electrons. The van der Waals surface area contributed by atoms with Crippen LogP contribution in [0.5, 0.6) is 0 Å². The third-order valence-corrected chi connectivity index (χ3v) is 3.27. The lowest BCUT2D eigenvalue weighted by Gasteiger charge is -2.01. The minimum Gasteiger partial charge on any atom is -0.460 e. The molecule has 1 saturated carbocycles. The van der Waals surface area contributed by atoms with Crippen LogP contribution in [0, 0.1) is 0 Å². The van der Waals surface area contributed by atoms with Crippen LogP contribution < -0.4 is 5.32 Å². The molecule has 0 bridgehead atoms. The molecular formula is C14H14ClNO. The Hall–Kier alpha value is -1.25. The van der Waals surface area contributed by atoms with Crippen LogP contribution in [0.3, 0.4) is 0 Å². The average Bonchev–Trinajstić information content (AvgIpc) is 3.06. The number of benzene rings is 1. The molecule has 2 aromatic rings. The summed E-state index contributed by atoms with van der Waals surface area (Å²) in [5.74, 6) is 1.80. The largest absolute Gasteiger partial charge is 0.460 e. The minimum absolute atomic E-state index is 0.698. The van der Waals surface area contributed by atoms with Crippen LogP contribution in [0.2, 0.25) is 5.02 Å². The predicted octanol–water partition coefficient (Wildman–Crippen LogP) is 3.85. The molecule has 1 aromatic carbocycles. The van der Waals surface area contributed by atoms with Gasteiger partial charge in [0.05, 0.1) is 11.6 Å². The van der Waals surface area contributed by atoms with Crippen LogP contribution in [-0.4, -0.2) is 6.04 Å². The second kappa shape index (κ2) is 4.55. The van der Waals surface area contributed by atoms with Crippen LogP contribution in [0.4, 0.5) is 0 Å². The van der Waals surface area contributed by atoms with E-state index in [4.69, 9.17) is 16.0 Å². The summed E-state index contributed by atoms with van der Waals surface area (Å²) in [6.07, 6.45) is 2.58. The standard InChI is InChI=1S/C14H14ClNO/c15-13-4-2-1-3-12(13)14-8-7-11(17-14)9-16-10-5-6-10/h1-4,7-8,10,16H,5-6,9H2. The molecule has 0 aliphatic heterocycles. The molecule has 1 aliphatic rings. The first-order valence-corrected chi connectivity index (χ1v) is 6.28. The minimum atomic E-state index is 0.698. The molecule has 0 atom stereocenters. The molecular weight excluding hydrogens is 234 g/mol. The van der Waals surface area contributed by atoms with Gasteiger partial charge in [0.25, 0.3) is 0 Å². The lowest BCUT2D eigenvalue weighted by Crippen LogP contribution is -2.14. The summed E-state index contributed by atoms with van der Waals surface area (Å²) in [6.45, 7) is 0.801. The third-order valence-electron chi connectivity index (χ3n) is 2.94. The average molecular weight is 248 g/mol. The molecule has 1 N–H and O–H groups in total. The topological polar surface area (TPSA) is 25.2 Å². The molecule has 0 amide bonds. The van der Waals surface area contributed by atoms with Gasteiger partial charge in [-0.1, -0.05) is 23.7 Å². The highest BCUT2D eigenvalue weighted by Crippen LogP contribution is 2.29. The predicted molar refractivity (Wildman–Crippen MR) is 69.0 cm³/mol. The first-order chi connectivity index (χ1) is 8.33. The Kier molecular flexibility index (Phi) is 2.91. The molecule has 0 spiro atoms. The number of hydrogen-bond acceptors (Lipinski definition) is 2. The zero-order valence-corrected chi connectivity index (χ0v) is 10.2. The number of rotatable bonds is 4. The lowest BCUT2D eigenvalue weighted by atomic mass is 10.2. The van der Waals surface area contributed by atoms with Crippen molar-refractivity contribution in [3.63, 3.8) is 0 Å². The Balaban J connectivity index is 1.77. The summed E-state index contributed by atoms with van der Waals surface area (Å²) in [5.41, 5.74) is 0.951. The van der Waals surface area contributed by atoms with E-state index in [1.54, 1.807) is 0 Å². The molecule has 1 fully saturated rings. The first-order valence-electron chi connectivity index (χ1n) is 5.90. The first kappa shape index (κ1) is 10.9. The second-order valence-corrected chi connectivity index (χ2v) is 4.81. The van der Waals surface area contributed by atoms with Gasteiger partial charge in [-0.3, -0.25) is 0 Å². The van der Waals surface area contributed by atoms with Crippen molar-refractivity contribution in [2.45, 2.75) is 25.4 Å². The fourth-order valence-corrected chi connectivity index (χ4v) is 2.04. The van der Waals surface area contributed by atoms with Gasteiger partial charge in [-0.2, -0.15) is 0 Å². The van der Waals surface area contributed by atoms with E-state index in [1.165, 1.54) is 12.8 Å². The van der Waals surface area contributed by atoms with E-state index in [0.29, 0.717) is 6.04 Å². The van der Waals surface area contributed by atoms with Crippen LogP contribution in [0.25, 0.3) is 11.3 Å². The summed E-state index contributed by atoms with van der Waals surface area (Å²) < 4.78 is 5.78. The van der Waals surface area contributed by atoms with E-state index >= 15 is 0 Å². The van der Waals surface area contributed by atoms with Gasteiger partial charge < -0.3 is 9.73 Å². The Morgan fingerprint density at radius 3 is 2.76 bits per heavy atom. The molecule has 17 heavy (non-hydrogen) atoms. The van der Waals surface area contributed by atoms with Crippen molar-refractivity contribution in [3.05, 3.63) is 47.2 Å². The summed E-state index contributed by atoms with van der Waals surface area (Å²) in [5, 5.41) is 4.15. The number of furan rings is 1. The number of nitrogens with one attached hydrogen (secondary N) is 1. The van der Waals surface area contributed by atoms with Gasteiger partial charge in [0.2, 0.25) is 0 Å². The smallest absolute Gasteiger partial charge is 0.135 e. The van der Waals surface area contributed by atoms with Crippen LogP contribution >= 0.6 is 11.6 Å². The zero-order valence-electron chi connectivity index (χ0n) is 9.45. The van der Waals surface area contributed by atoms with E-state index in [9.17, 15) is 0 Å². The highest BCUT2D eigenvalue weighted by atomic mass is 35.5. The number of hydrogen-bond donors (Lipinski definition) is 1. The van der Waals surface area contributed by atoms with E-state index in [2.05, 4.69) is 5.32 Å². The molecule has 2 nitrogen and oxygen atoms in total. The van der Waals surface area contributed by atoms with Crippen LogP contribution in [0.15, 0.2) is 40.8 Å². The summed E-state index contributed by atoms with van der Waals surface area (Å²) in [4.78, 5) is 0. The van der Waals surface area contributed by atoms with Gasteiger partial charge in [0.15, 0.2) is 0 Å². The fraction of sp³-hybridized carbons (Fsp3) is 0.286. The third kappa shape index (κ3) is 2.54. The van der Waals surface area contributed by atoms with Gasteiger partial charge in [0.1, 0.15) is 11.5 Å². The van der Waals surface area contributed by atoms with E-state index in [-0.39, 0.29) is 0 Å². The van der Waals surface area contributed by atoms with Crippen molar-refractivity contribution in [2.24, 2.45) is 0 Å². The normalized spacial score (nSPS) is 15.1. The van der Waals surface area contributed by atoms with Crippen molar-refractivity contribution in [2.75, 3.05) is 0 Å². The van der Waals surface area contributed by atoms with E-state index in [0.717, 1.165) is 28.7 Å². The van der Waals surface area contributed by atoms with E-state index in [1.807, 2.05) is 36.4 Å². The summed E-state index contributed by atoms with van der Waals surface area (Å²) in [6, 6.07) is 12.4. The van der Waals surface area contributed by atoms with Crippen molar-refractivity contribution in [1.82, 2.24) is 5.32 Å². The van der Waals surface area contributed by atoms with Crippen molar-refractivity contribution >= 4 is 11.6 Å². The molecule has 1 aliphatic carbocycles. The summed E-state index contributed by atoms with van der Waals surface area (Å²) >= 11 is 6.13. The SMILES string of the molecule is Clc1ccccc1-c1ccc(CNC2CC2)o1. The Morgan fingerprint density at radius 2 is 2.00 bits per heavy atom. The number of halogens is 1. The Bertz CT molecular complexity index is 516. The maximum Gasteiger partial charge on any atom is 0.135 e. The quantitative estimate of drug-likeness (QED) is 0.888. The van der Waals surface area contributed by atoms with Gasteiger partial charge in [-0.05, 0) is 37.1 Å². The molecule has 3 heteroatoms. The van der Waals surface area contributed by atoms with Gasteiger partial charge >= 0.3 is 0 Å². The zero-order chi connectivity index (χ0) is 11.7. The monoisotopic (exact) mass is 247 g/mol. The highest BCUT2D eigenvalue weighted by Gasteiger charge is 2.20. The van der Waals surface area contributed by atoms with Gasteiger partial charge in [-0.15, -0.1) is 0 Å². The Labute approximate surface area is 106 Å². The molecule has 0 unspecified atom stereocenters. The second-order valence-electron chi connectivity index (χ2n) is 4.40. The molecule has 1 heterocycles. The summed E-state index contributed by atoms with van der Waals surface area (Å²) in [7, 11) is 0. The van der Waals surface area contributed by atoms with Crippen LogP contribution in [-0.2, 0) is 6.54 Å². The van der Waals surface area contributed by atoms with Gasteiger partial charge in [0, 0.05) is 11.6 Å². The van der Waals surface area contributed by atoms with Crippen molar-refractivity contribution in [1.29, 1.82) is 0 Å². The van der Waals surface area contributed by atoms with Crippen molar-refractivity contribution < 1.29 is 4.42 Å². The van der Waals surface area contributed by atoms with E-state index < -0.39 is 0 Å². The maximum atomic E-state index is 6.13. The van der Waals surface area contributed by atoms with Crippen LogP contribution in [0.1, 0.15) is 18.6 Å². The molecule has 0 saturated heterocycles. The molecule has 88 valence electrons. The fourth-order valence-electron chi connectivity index (χ4n) is 1.81. The Morgan fingerprint density at radius 1 is 1.18 bits per heavy atom. The molecule has 1 aromatic heterocycles. The highest BCUT2D eigenvalue weighted by molar-refractivity contribution is 6.33. The maximum absolute atomic E-state index is 6.13. The lowest BCUT2D eigenvalue weighted by molar-refractivity contribution is 0.492. The molecule has 3 rings (SSSR count). The van der Waals surface area contributed by atoms with Gasteiger partial charge in [-0.25, -0.2) is 0 Å².